The van der Waals surface area contributed by atoms with E-state index in [0.29, 0.717) is 35.8 Å². The van der Waals surface area contributed by atoms with Gasteiger partial charge in [0.1, 0.15) is 11.5 Å². The van der Waals surface area contributed by atoms with Gasteiger partial charge in [0.25, 0.3) is 0 Å². The maximum Gasteiger partial charge on any atom is 0.416 e. The summed E-state index contributed by atoms with van der Waals surface area (Å²) in [4.78, 5) is 0. The first-order valence-corrected chi connectivity index (χ1v) is 12.5. The smallest absolute Gasteiger partial charge is 0.416 e. The van der Waals surface area contributed by atoms with Gasteiger partial charge in [0.2, 0.25) is 0 Å². The third-order valence-electron chi connectivity index (χ3n) is 6.62. The summed E-state index contributed by atoms with van der Waals surface area (Å²) < 4.78 is 102. The molecule has 0 spiro atoms. The molecule has 2 N–H and O–H groups in total. The molecule has 4 nitrogen and oxygen atoms in total. The molecule has 0 saturated heterocycles. The van der Waals surface area contributed by atoms with E-state index >= 15 is 0 Å². The predicted octanol–water partition coefficient (Wildman–Crippen LogP) is 7.59. The maximum atomic E-state index is 13.5. The first-order chi connectivity index (χ1) is 17.8. The molecule has 0 aliphatic heterocycles. The third-order valence-corrected chi connectivity index (χ3v) is 6.62. The lowest BCUT2D eigenvalue weighted by Gasteiger charge is -2.37. The average Bonchev–Trinajstić information content (AvgIpc) is 2.84. The van der Waals surface area contributed by atoms with E-state index in [1.54, 1.807) is 36.4 Å². The number of hydrogen-bond acceptors (Lipinski definition) is 4. The largest absolute Gasteiger partial charge is 0.457 e. The summed E-state index contributed by atoms with van der Waals surface area (Å²) in [5, 5.41) is 12.2. The second-order valence-corrected chi connectivity index (χ2v) is 9.87. The van der Waals surface area contributed by atoms with Gasteiger partial charge in [-0.3, -0.25) is 0 Å². The number of nitrogens with one attached hydrogen (secondary N) is 1. The Kier molecular flexibility index (Phi) is 10.0. The van der Waals surface area contributed by atoms with Crippen molar-refractivity contribution in [3.63, 3.8) is 0 Å². The molecule has 4 unspecified atom stereocenters. The second kappa shape index (κ2) is 12.7. The fraction of sp³-hybridized carbons (Fsp3) is 0.556. The quantitative estimate of drug-likeness (QED) is 0.283. The van der Waals surface area contributed by atoms with E-state index in [-0.39, 0.29) is 12.8 Å². The monoisotopic (exact) mass is 551 g/mol. The van der Waals surface area contributed by atoms with Crippen LogP contribution in [0.25, 0.3) is 0 Å². The van der Waals surface area contributed by atoms with E-state index in [2.05, 4.69) is 23.9 Å². The van der Waals surface area contributed by atoms with E-state index in [1.165, 1.54) is 0 Å². The molecule has 1 fully saturated rings. The molecule has 4 atom stereocenters. The minimum Gasteiger partial charge on any atom is -0.457 e. The van der Waals surface area contributed by atoms with Gasteiger partial charge in [-0.05, 0) is 66.5 Å². The summed E-state index contributed by atoms with van der Waals surface area (Å²) in [5.41, 5.74) is 1.62. The molecular weight excluding hydrogens is 519 g/mol. The van der Waals surface area contributed by atoms with Crippen LogP contribution in [0.5, 0.6) is 11.5 Å². The van der Waals surface area contributed by atoms with Crippen LogP contribution in [0, 0.1) is 5.92 Å². The Morgan fingerprint density at radius 1 is 0.947 bits per heavy atom. The van der Waals surface area contributed by atoms with Crippen LogP contribution < -0.4 is 10.1 Å². The first kappa shape index (κ1) is 30.2. The summed E-state index contributed by atoms with van der Waals surface area (Å²) >= 11 is 0. The van der Waals surface area contributed by atoms with Gasteiger partial charge in [0.05, 0.1) is 6.10 Å². The van der Waals surface area contributed by atoms with Crippen molar-refractivity contribution in [2.24, 2.45) is 5.92 Å². The topological polar surface area (TPSA) is 50.7 Å². The lowest BCUT2D eigenvalue weighted by molar-refractivity contribution is -0.322. The Morgan fingerprint density at radius 2 is 1.63 bits per heavy atom. The highest BCUT2D eigenvalue weighted by atomic mass is 19.4. The number of aliphatic hydroxyl groups excluding tert-OH is 1. The molecule has 0 heterocycles. The molecule has 212 valence electrons. The van der Waals surface area contributed by atoms with Crippen molar-refractivity contribution >= 4 is 0 Å². The van der Waals surface area contributed by atoms with Crippen LogP contribution in [-0.2, 0) is 4.74 Å². The molecule has 0 bridgehead atoms. The summed E-state index contributed by atoms with van der Waals surface area (Å²) in [6, 6.07) is 13.2. The first-order valence-electron chi connectivity index (χ1n) is 12.5. The highest BCUT2D eigenvalue weighted by Crippen LogP contribution is 2.40. The molecule has 1 aliphatic carbocycles. The number of aliphatic hydroxyl groups is 1. The standard InChI is InChI=1S/C27H32F7NO3/c1-16(2)17-9-11-20(12-10-17)37-21-7-3-5-18(13-21)24(35-15-23(36)26(30,31)32)19-6-4-8-22(14-19)38-27(33,34)25(28)29/h3,5,7,9-13,16,19,22-25,35-36H,4,6,8,14-15H2,1-2H3. The van der Waals surface area contributed by atoms with Gasteiger partial charge in [0.15, 0.2) is 6.10 Å². The normalized spacial score (nSPS) is 20.5. The van der Waals surface area contributed by atoms with Crippen LogP contribution in [0.15, 0.2) is 48.5 Å². The summed E-state index contributed by atoms with van der Waals surface area (Å²) in [5.74, 6) is 0.748. The van der Waals surface area contributed by atoms with Gasteiger partial charge in [-0.2, -0.15) is 22.0 Å². The fourth-order valence-corrected chi connectivity index (χ4v) is 4.60. The molecule has 2 aromatic rings. The molecule has 1 aliphatic rings. The molecule has 38 heavy (non-hydrogen) atoms. The van der Waals surface area contributed by atoms with Crippen LogP contribution in [-0.4, -0.2) is 42.6 Å². The summed E-state index contributed by atoms with van der Waals surface area (Å²) in [6.45, 7) is 3.26. The van der Waals surface area contributed by atoms with Gasteiger partial charge in [-0.25, -0.2) is 8.78 Å². The number of alkyl halides is 7. The molecule has 1 saturated carbocycles. The van der Waals surface area contributed by atoms with Crippen molar-refractivity contribution in [3.8, 4) is 11.5 Å². The molecule has 0 aromatic heterocycles. The van der Waals surface area contributed by atoms with Gasteiger partial charge in [-0.1, -0.05) is 44.5 Å². The molecule has 11 heteroatoms. The van der Waals surface area contributed by atoms with Crippen molar-refractivity contribution in [1.29, 1.82) is 0 Å². The SMILES string of the molecule is CC(C)c1ccc(Oc2cccc(C(NCC(O)C(F)(F)F)C3CCCC(OC(F)(F)C(F)F)C3)c2)cc1. The second-order valence-electron chi connectivity index (χ2n) is 9.87. The van der Waals surface area contributed by atoms with Gasteiger partial charge < -0.3 is 19.9 Å². The van der Waals surface area contributed by atoms with E-state index in [1.807, 2.05) is 12.1 Å². The Labute approximate surface area is 217 Å². The average molecular weight is 552 g/mol. The Bertz CT molecular complexity index is 1010. The van der Waals surface area contributed by atoms with E-state index < -0.39 is 49.4 Å². The van der Waals surface area contributed by atoms with Crippen LogP contribution in [0.2, 0.25) is 0 Å². The Hall–Kier alpha value is -2.37. The number of benzene rings is 2. The lowest BCUT2D eigenvalue weighted by Crippen LogP contribution is -2.43. The fourth-order valence-electron chi connectivity index (χ4n) is 4.60. The third kappa shape index (κ3) is 8.31. The Balaban J connectivity index is 1.82. The van der Waals surface area contributed by atoms with Crippen LogP contribution in [0.4, 0.5) is 30.7 Å². The molecule has 0 radical (unpaired) electrons. The van der Waals surface area contributed by atoms with Crippen molar-refractivity contribution < 1.29 is 45.3 Å². The highest BCUT2D eigenvalue weighted by molar-refractivity contribution is 5.37. The molecule has 3 rings (SSSR count). The van der Waals surface area contributed by atoms with E-state index in [0.717, 1.165) is 5.56 Å². The van der Waals surface area contributed by atoms with Gasteiger partial charge in [-0.15, -0.1) is 0 Å². The van der Waals surface area contributed by atoms with Crippen molar-refractivity contribution in [1.82, 2.24) is 5.32 Å². The molecule has 2 aromatic carbocycles. The van der Waals surface area contributed by atoms with Crippen LogP contribution >= 0.6 is 0 Å². The summed E-state index contributed by atoms with van der Waals surface area (Å²) in [7, 11) is 0. The van der Waals surface area contributed by atoms with Crippen LogP contribution in [0.1, 0.15) is 62.6 Å². The zero-order valence-electron chi connectivity index (χ0n) is 21.0. The zero-order chi connectivity index (χ0) is 28.1. The lowest BCUT2D eigenvalue weighted by atomic mass is 9.79. The number of halogens is 7. The molecular formula is C27H32F7NO3. The predicted molar refractivity (Wildman–Crippen MR) is 128 cm³/mol. The van der Waals surface area contributed by atoms with Crippen molar-refractivity contribution in [3.05, 3.63) is 59.7 Å². The minimum absolute atomic E-state index is 0.0795. The van der Waals surface area contributed by atoms with Gasteiger partial charge in [0, 0.05) is 12.6 Å². The number of hydrogen-bond donors (Lipinski definition) is 2. The van der Waals surface area contributed by atoms with Crippen LogP contribution in [0.3, 0.4) is 0 Å². The number of rotatable bonds is 11. The maximum absolute atomic E-state index is 13.5. The summed E-state index contributed by atoms with van der Waals surface area (Å²) in [6.07, 6.45) is -16.5. The number of ether oxygens (including phenoxy) is 2. The van der Waals surface area contributed by atoms with E-state index in [9.17, 15) is 35.8 Å². The molecule has 0 amide bonds. The Morgan fingerprint density at radius 3 is 2.24 bits per heavy atom. The minimum atomic E-state index is -4.86. The van der Waals surface area contributed by atoms with Gasteiger partial charge >= 0.3 is 18.7 Å². The zero-order valence-corrected chi connectivity index (χ0v) is 21.0. The van der Waals surface area contributed by atoms with E-state index in [4.69, 9.17) is 4.74 Å². The van der Waals surface area contributed by atoms with Crippen molar-refractivity contribution in [2.45, 2.75) is 82.4 Å². The van der Waals surface area contributed by atoms with Crippen molar-refractivity contribution in [2.75, 3.05) is 6.54 Å². The highest BCUT2D eigenvalue weighted by Gasteiger charge is 2.46.